The summed E-state index contributed by atoms with van der Waals surface area (Å²) < 4.78 is 1.20. The number of hydroxylamine groups is 3. The molecule has 0 N–H and O–H groups in total. The van der Waals surface area contributed by atoms with E-state index < -0.39 is 4.65 Å². The molecule has 1 aromatic heterocycles. The molecule has 2 atom stereocenters. The molecule has 5 nitrogen and oxygen atoms in total. The van der Waals surface area contributed by atoms with Crippen LogP contribution in [-0.2, 0) is 7.05 Å². The van der Waals surface area contributed by atoms with Gasteiger partial charge in [-0.15, -0.1) is 0 Å². The summed E-state index contributed by atoms with van der Waals surface area (Å²) in [6.07, 6.45) is 5.53. The minimum Gasteiger partial charge on any atom is -0.620 e. The second-order valence-corrected chi connectivity index (χ2v) is 7.37. The third kappa shape index (κ3) is 1.72. The van der Waals surface area contributed by atoms with Crippen molar-refractivity contribution in [2.75, 3.05) is 19.6 Å². The summed E-state index contributed by atoms with van der Waals surface area (Å²) in [5, 5.41) is 14.6. The first-order chi connectivity index (χ1) is 11.6. The Balaban J connectivity index is 1.65. The molecule has 4 aliphatic heterocycles. The van der Waals surface area contributed by atoms with Gasteiger partial charge in [0.25, 0.3) is 0 Å². The van der Waals surface area contributed by atoms with Crippen LogP contribution in [0.4, 0.5) is 0 Å². The molecule has 6 rings (SSSR count). The number of carbonyl (C=O) groups is 1. The third-order valence-electron chi connectivity index (χ3n) is 6.25. The molecule has 5 heteroatoms. The van der Waals surface area contributed by atoms with E-state index in [-0.39, 0.29) is 11.9 Å². The van der Waals surface area contributed by atoms with Crippen LogP contribution in [0.25, 0.3) is 17.0 Å². The predicted octanol–water partition coefficient (Wildman–Crippen LogP) is 2.71. The standard InChI is InChI=1S/C19H21N3O2/c1-20-15-5-3-2-4-14(15)18-16(20)8-11-22(24,19(18)23)17-12-21-9-6-13(17)7-10-21/h2-5,8,11,13,17H,6-7,9-10,12H2,1H3/t17?,22-/m0/s1. The molecule has 5 heterocycles. The van der Waals surface area contributed by atoms with Crippen LogP contribution in [0.15, 0.2) is 30.5 Å². The fraction of sp³-hybridized carbons (Fsp3) is 0.421. The normalized spacial score (nSPS) is 34.8. The highest BCUT2D eigenvalue weighted by Crippen LogP contribution is 2.40. The van der Waals surface area contributed by atoms with Gasteiger partial charge in [0.05, 0.1) is 12.2 Å². The molecule has 0 aliphatic carbocycles. The van der Waals surface area contributed by atoms with Crippen molar-refractivity contribution in [1.29, 1.82) is 0 Å². The van der Waals surface area contributed by atoms with Crippen molar-refractivity contribution in [3.8, 4) is 0 Å². The quantitative estimate of drug-likeness (QED) is 0.599. The SMILES string of the molecule is Cn1c2c(c3ccccc31)C(=O)[N@@+]([O-])(C1CN3CCC1CC3)C=C2. The highest BCUT2D eigenvalue weighted by Gasteiger charge is 2.48. The second kappa shape index (κ2) is 4.79. The van der Waals surface area contributed by atoms with Gasteiger partial charge in [-0.1, -0.05) is 18.2 Å². The Hall–Kier alpha value is -1.95. The lowest BCUT2D eigenvalue weighted by atomic mass is 9.82. The number of aryl methyl sites for hydroxylation is 1. The Labute approximate surface area is 140 Å². The van der Waals surface area contributed by atoms with Crippen LogP contribution >= 0.6 is 0 Å². The number of para-hydroxylation sites is 1. The second-order valence-electron chi connectivity index (χ2n) is 7.37. The van der Waals surface area contributed by atoms with Gasteiger partial charge in [0.1, 0.15) is 17.8 Å². The maximum Gasteiger partial charge on any atom is 0.353 e. The molecular formula is C19H21N3O2. The summed E-state index contributed by atoms with van der Waals surface area (Å²) >= 11 is 0. The van der Waals surface area contributed by atoms with Gasteiger partial charge in [-0.25, -0.2) is 4.79 Å². The number of piperidine rings is 3. The van der Waals surface area contributed by atoms with Crippen molar-refractivity contribution in [3.05, 3.63) is 46.9 Å². The smallest absolute Gasteiger partial charge is 0.353 e. The molecule has 4 aliphatic rings. The third-order valence-corrected chi connectivity index (χ3v) is 6.25. The van der Waals surface area contributed by atoms with Crippen LogP contribution in [0.2, 0.25) is 0 Å². The van der Waals surface area contributed by atoms with Crippen LogP contribution in [0.5, 0.6) is 0 Å². The minimum absolute atomic E-state index is 0.164. The van der Waals surface area contributed by atoms with E-state index in [4.69, 9.17) is 0 Å². The van der Waals surface area contributed by atoms with Gasteiger partial charge in [-0.05, 0) is 32.0 Å². The fourth-order valence-electron chi connectivity index (χ4n) is 4.89. The summed E-state index contributed by atoms with van der Waals surface area (Å²) in [6, 6.07) is 7.69. The zero-order chi connectivity index (χ0) is 16.5. The van der Waals surface area contributed by atoms with Crippen LogP contribution in [-0.4, -0.2) is 45.7 Å². The molecule has 0 spiro atoms. The first-order valence-corrected chi connectivity index (χ1v) is 8.73. The summed E-state index contributed by atoms with van der Waals surface area (Å²) in [5.41, 5.74) is 2.46. The topological polar surface area (TPSA) is 48.3 Å². The average molecular weight is 323 g/mol. The number of aromatic nitrogens is 1. The average Bonchev–Trinajstić information content (AvgIpc) is 2.92. The van der Waals surface area contributed by atoms with Gasteiger partial charge in [0.15, 0.2) is 0 Å². The van der Waals surface area contributed by atoms with Gasteiger partial charge in [-0.2, -0.15) is 0 Å². The van der Waals surface area contributed by atoms with Crippen molar-refractivity contribution in [3.63, 3.8) is 0 Å². The van der Waals surface area contributed by atoms with E-state index in [1.54, 1.807) is 6.20 Å². The number of benzene rings is 1. The van der Waals surface area contributed by atoms with Gasteiger partial charge >= 0.3 is 5.91 Å². The summed E-state index contributed by atoms with van der Waals surface area (Å²) in [6.45, 7) is 2.88. The molecule has 124 valence electrons. The molecule has 24 heavy (non-hydrogen) atoms. The van der Waals surface area contributed by atoms with Crippen LogP contribution < -0.4 is 0 Å². The van der Waals surface area contributed by atoms with E-state index in [2.05, 4.69) is 4.90 Å². The molecule has 1 amide bonds. The summed E-state index contributed by atoms with van der Waals surface area (Å²) in [7, 11) is 1.96. The maximum atomic E-state index is 13.7. The van der Waals surface area contributed by atoms with Crippen LogP contribution in [0.1, 0.15) is 28.9 Å². The van der Waals surface area contributed by atoms with E-state index in [1.165, 1.54) is 0 Å². The van der Waals surface area contributed by atoms with E-state index in [1.807, 2.05) is 42.0 Å². The minimum atomic E-state index is -0.817. The van der Waals surface area contributed by atoms with Crippen molar-refractivity contribution < 1.29 is 9.44 Å². The fourth-order valence-corrected chi connectivity index (χ4v) is 4.89. The van der Waals surface area contributed by atoms with Crippen LogP contribution in [0, 0.1) is 11.1 Å². The van der Waals surface area contributed by atoms with Gasteiger partial charge in [-0.3, -0.25) is 9.55 Å². The Morgan fingerprint density at radius 3 is 2.67 bits per heavy atom. The molecule has 2 bridgehead atoms. The lowest BCUT2D eigenvalue weighted by Gasteiger charge is -2.53. The first kappa shape index (κ1) is 14.4. The van der Waals surface area contributed by atoms with Crippen molar-refractivity contribution in [1.82, 2.24) is 9.47 Å². The van der Waals surface area contributed by atoms with Crippen LogP contribution in [0.3, 0.4) is 0 Å². The highest BCUT2D eigenvalue weighted by molar-refractivity contribution is 6.09. The predicted molar refractivity (Wildman–Crippen MR) is 92.9 cm³/mol. The highest BCUT2D eigenvalue weighted by atomic mass is 16.6. The number of fused-ring (bicyclic) bond motifs is 6. The number of nitrogens with zero attached hydrogens (tertiary/aromatic N) is 3. The molecule has 0 radical (unpaired) electrons. The molecule has 3 fully saturated rings. The van der Waals surface area contributed by atoms with E-state index in [0.717, 1.165) is 49.1 Å². The molecule has 2 aromatic rings. The lowest BCUT2D eigenvalue weighted by molar-refractivity contribution is -0.780. The van der Waals surface area contributed by atoms with Crippen molar-refractivity contribution in [2.24, 2.45) is 13.0 Å². The van der Waals surface area contributed by atoms with Gasteiger partial charge in [0, 0.05) is 29.9 Å². The number of amides is 1. The Morgan fingerprint density at radius 2 is 1.96 bits per heavy atom. The number of carbonyl (C=O) groups excluding carboxylic acids is 1. The van der Waals surface area contributed by atoms with E-state index in [9.17, 15) is 10.0 Å². The largest absolute Gasteiger partial charge is 0.620 e. The zero-order valence-electron chi connectivity index (χ0n) is 13.8. The maximum absolute atomic E-state index is 13.7. The monoisotopic (exact) mass is 323 g/mol. The van der Waals surface area contributed by atoms with E-state index in [0.29, 0.717) is 11.5 Å². The number of rotatable bonds is 1. The van der Waals surface area contributed by atoms with Crippen molar-refractivity contribution >= 4 is 22.9 Å². The van der Waals surface area contributed by atoms with E-state index >= 15 is 0 Å². The Kier molecular flexibility index (Phi) is 2.87. The Morgan fingerprint density at radius 1 is 1.21 bits per heavy atom. The summed E-state index contributed by atoms with van der Waals surface area (Å²) in [5.74, 6) is 0.0701. The number of hydrogen-bond donors (Lipinski definition) is 0. The molecule has 1 aromatic carbocycles. The summed E-state index contributed by atoms with van der Waals surface area (Å²) in [4.78, 5) is 15.7. The zero-order valence-corrected chi connectivity index (χ0v) is 13.8. The first-order valence-electron chi connectivity index (χ1n) is 8.73. The van der Waals surface area contributed by atoms with Gasteiger partial charge < -0.3 is 9.77 Å². The number of quaternary nitrogens is 1. The molecule has 1 unspecified atom stereocenters. The molecule has 0 saturated carbocycles. The Bertz CT molecular complexity index is 876. The van der Waals surface area contributed by atoms with Gasteiger partial charge in [0.2, 0.25) is 0 Å². The lowest BCUT2D eigenvalue weighted by Crippen LogP contribution is -2.64. The molecular weight excluding hydrogens is 302 g/mol. The molecule has 3 saturated heterocycles. The number of hydrogen-bond acceptors (Lipinski definition) is 3. The van der Waals surface area contributed by atoms with Crippen molar-refractivity contribution in [2.45, 2.75) is 18.9 Å².